The van der Waals surface area contributed by atoms with Crippen LogP contribution in [0.25, 0.3) is 5.65 Å². The molecule has 3 aromatic heterocycles. The van der Waals surface area contributed by atoms with Gasteiger partial charge in [0.05, 0.1) is 11.0 Å². The lowest BCUT2D eigenvalue weighted by atomic mass is 10.2. The number of nitrogens with zero attached hydrogens (tertiary/aromatic N) is 5. The summed E-state index contributed by atoms with van der Waals surface area (Å²) in [5.41, 5.74) is 0.140. The number of halogens is 5. The SMILES string of the molecule is O=C(Nc1nn(Cc2ccc(Cl)cc2)cc1Br)c1cc2nc(C3CC3)cc(C(F)(F)F)n2n1. The summed E-state index contributed by atoms with van der Waals surface area (Å²) in [6.07, 6.45) is -1.35. The molecule has 1 amide bonds. The number of nitrogens with one attached hydrogen (secondary N) is 1. The molecule has 0 bridgehead atoms. The van der Waals surface area contributed by atoms with Gasteiger partial charge in [-0.3, -0.25) is 9.48 Å². The molecular weight excluding hydrogens is 525 g/mol. The van der Waals surface area contributed by atoms with Crippen molar-refractivity contribution in [2.75, 3.05) is 5.32 Å². The van der Waals surface area contributed by atoms with Crippen molar-refractivity contribution in [2.24, 2.45) is 0 Å². The van der Waals surface area contributed by atoms with E-state index in [2.05, 4.69) is 36.4 Å². The van der Waals surface area contributed by atoms with Crippen LogP contribution in [-0.2, 0) is 12.7 Å². The number of amides is 1. The topological polar surface area (TPSA) is 77.1 Å². The molecule has 1 aliphatic rings. The normalized spacial score (nSPS) is 14.1. The quantitative estimate of drug-likeness (QED) is 0.361. The van der Waals surface area contributed by atoms with Crippen LogP contribution in [0.15, 0.2) is 47.1 Å². The first kappa shape index (κ1) is 21.9. The summed E-state index contributed by atoms with van der Waals surface area (Å²) in [4.78, 5) is 17.0. The molecule has 7 nitrogen and oxygen atoms in total. The summed E-state index contributed by atoms with van der Waals surface area (Å²) in [6, 6.07) is 9.49. The first-order chi connectivity index (χ1) is 15.7. The largest absolute Gasteiger partial charge is 0.433 e. The number of alkyl halides is 3. The number of anilines is 1. The molecule has 1 N–H and O–H groups in total. The van der Waals surface area contributed by atoms with E-state index in [1.54, 1.807) is 23.0 Å². The maximum atomic E-state index is 13.6. The lowest BCUT2D eigenvalue weighted by Crippen LogP contribution is -2.16. The first-order valence-corrected chi connectivity index (χ1v) is 11.1. The molecule has 12 heteroatoms. The molecule has 0 spiro atoms. The van der Waals surface area contributed by atoms with Crippen molar-refractivity contribution in [2.45, 2.75) is 31.5 Å². The van der Waals surface area contributed by atoms with Crippen LogP contribution in [0, 0.1) is 0 Å². The average molecular weight is 540 g/mol. The van der Waals surface area contributed by atoms with E-state index < -0.39 is 17.8 Å². The number of carbonyl (C=O) groups excluding carboxylic acids is 1. The van der Waals surface area contributed by atoms with Gasteiger partial charge in [-0.15, -0.1) is 0 Å². The van der Waals surface area contributed by atoms with Crippen molar-refractivity contribution in [3.8, 4) is 0 Å². The van der Waals surface area contributed by atoms with Crippen LogP contribution in [0.2, 0.25) is 5.02 Å². The molecule has 1 saturated carbocycles. The molecule has 0 saturated heterocycles. The molecule has 1 aromatic carbocycles. The number of carbonyl (C=O) groups is 1. The highest BCUT2D eigenvalue weighted by atomic mass is 79.9. The van der Waals surface area contributed by atoms with Gasteiger partial charge >= 0.3 is 6.18 Å². The van der Waals surface area contributed by atoms with Crippen LogP contribution in [0.4, 0.5) is 19.0 Å². The van der Waals surface area contributed by atoms with Crippen LogP contribution >= 0.6 is 27.5 Å². The Labute approximate surface area is 198 Å². The number of hydrogen-bond acceptors (Lipinski definition) is 4. The maximum Gasteiger partial charge on any atom is 0.433 e. The predicted molar refractivity (Wildman–Crippen MR) is 118 cm³/mol. The van der Waals surface area contributed by atoms with Gasteiger partial charge < -0.3 is 5.32 Å². The van der Waals surface area contributed by atoms with E-state index in [1.807, 2.05) is 12.1 Å². The van der Waals surface area contributed by atoms with Gasteiger partial charge in [0.2, 0.25) is 0 Å². The molecule has 1 fully saturated rings. The fraction of sp³-hybridized carbons (Fsp3) is 0.238. The van der Waals surface area contributed by atoms with Gasteiger partial charge in [-0.2, -0.15) is 23.4 Å². The molecule has 1 aliphatic carbocycles. The van der Waals surface area contributed by atoms with E-state index in [4.69, 9.17) is 11.6 Å². The van der Waals surface area contributed by atoms with Gasteiger partial charge in [0, 0.05) is 28.9 Å². The van der Waals surface area contributed by atoms with Gasteiger partial charge in [0.1, 0.15) is 5.69 Å². The smallest absolute Gasteiger partial charge is 0.303 e. The third-order valence-electron chi connectivity index (χ3n) is 5.17. The van der Waals surface area contributed by atoms with E-state index in [-0.39, 0.29) is 23.1 Å². The van der Waals surface area contributed by atoms with E-state index in [9.17, 15) is 18.0 Å². The zero-order valence-corrected chi connectivity index (χ0v) is 19.1. The Morgan fingerprint density at radius 1 is 1.18 bits per heavy atom. The standard InChI is InChI=1S/C21H15BrClF3N6O/c22-14-10-31(9-11-1-5-13(23)6-2-11)30-19(14)28-20(33)16-8-18-27-15(12-3-4-12)7-17(21(24,25)26)32(18)29-16/h1-2,5-8,10,12H,3-4,9H2,(H,28,30,33). The minimum Gasteiger partial charge on any atom is -0.303 e. The second kappa shape index (κ2) is 8.14. The van der Waals surface area contributed by atoms with Crippen molar-refractivity contribution in [1.29, 1.82) is 0 Å². The second-order valence-electron chi connectivity index (χ2n) is 7.74. The molecule has 5 rings (SSSR count). The molecule has 0 unspecified atom stereocenters. The highest BCUT2D eigenvalue weighted by Gasteiger charge is 2.37. The fourth-order valence-electron chi connectivity index (χ4n) is 3.41. The molecule has 3 heterocycles. The molecule has 33 heavy (non-hydrogen) atoms. The number of fused-ring (bicyclic) bond motifs is 1. The Hall–Kier alpha value is -2.92. The second-order valence-corrected chi connectivity index (χ2v) is 9.03. The highest BCUT2D eigenvalue weighted by Crippen LogP contribution is 2.41. The number of hydrogen-bond donors (Lipinski definition) is 1. The highest BCUT2D eigenvalue weighted by molar-refractivity contribution is 9.10. The zero-order valence-electron chi connectivity index (χ0n) is 16.8. The summed E-state index contributed by atoms with van der Waals surface area (Å²) in [7, 11) is 0. The minimum atomic E-state index is -4.63. The monoisotopic (exact) mass is 538 g/mol. The Bertz CT molecular complexity index is 1360. The Morgan fingerprint density at radius 3 is 2.58 bits per heavy atom. The summed E-state index contributed by atoms with van der Waals surface area (Å²) in [5, 5.41) is 11.4. The summed E-state index contributed by atoms with van der Waals surface area (Å²) >= 11 is 9.24. The molecule has 170 valence electrons. The van der Waals surface area contributed by atoms with Gasteiger partial charge in [-0.05, 0) is 52.5 Å². The summed E-state index contributed by atoms with van der Waals surface area (Å²) in [5.74, 6) is -0.462. The van der Waals surface area contributed by atoms with Gasteiger partial charge in [0.25, 0.3) is 5.91 Å². The maximum absolute atomic E-state index is 13.6. The van der Waals surface area contributed by atoms with E-state index in [0.717, 1.165) is 24.5 Å². The minimum absolute atomic E-state index is 0.0174. The molecular formula is C21H15BrClF3N6O. The Kier molecular flexibility index (Phi) is 5.40. The number of benzene rings is 1. The predicted octanol–water partition coefficient (Wildman–Crippen LogP) is 5.54. The van der Waals surface area contributed by atoms with E-state index in [1.165, 1.54) is 6.07 Å². The average Bonchev–Trinajstić information content (AvgIpc) is 3.42. The summed E-state index contributed by atoms with van der Waals surface area (Å²) in [6.45, 7) is 0.433. The van der Waals surface area contributed by atoms with Crippen molar-refractivity contribution < 1.29 is 18.0 Å². The van der Waals surface area contributed by atoms with Crippen molar-refractivity contribution >= 4 is 44.9 Å². The van der Waals surface area contributed by atoms with E-state index >= 15 is 0 Å². The molecule has 0 atom stereocenters. The van der Waals surface area contributed by atoms with Crippen molar-refractivity contribution in [1.82, 2.24) is 24.4 Å². The van der Waals surface area contributed by atoms with Crippen LogP contribution in [0.5, 0.6) is 0 Å². The summed E-state index contributed by atoms with van der Waals surface area (Å²) < 4.78 is 43.5. The van der Waals surface area contributed by atoms with Gasteiger partial charge in [0.15, 0.2) is 17.2 Å². The lowest BCUT2D eigenvalue weighted by Gasteiger charge is -2.10. The Balaban J connectivity index is 1.40. The van der Waals surface area contributed by atoms with Gasteiger partial charge in [-0.25, -0.2) is 9.50 Å². The van der Waals surface area contributed by atoms with Crippen LogP contribution in [-0.4, -0.2) is 30.3 Å². The molecule has 0 radical (unpaired) electrons. The lowest BCUT2D eigenvalue weighted by molar-refractivity contribution is -0.142. The first-order valence-electron chi connectivity index (χ1n) is 9.94. The van der Waals surface area contributed by atoms with Crippen molar-refractivity contribution in [3.63, 3.8) is 0 Å². The van der Waals surface area contributed by atoms with Gasteiger partial charge in [-0.1, -0.05) is 23.7 Å². The zero-order chi connectivity index (χ0) is 23.3. The van der Waals surface area contributed by atoms with Crippen LogP contribution in [0.1, 0.15) is 46.2 Å². The third-order valence-corrected chi connectivity index (χ3v) is 6.00. The number of rotatable bonds is 5. The molecule has 0 aliphatic heterocycles. The third kappa shape index (κ3) is 4.60. The van der Waals surface area contributed by atoms with Crippen LogP contribution < -0.4 is 5.32 Å². The van der Waals surface area contributed by atoms with Crippen molar-refractivity contribution in [3.05, 3.63) is 74.7 Å². The molecule has 4 aromatic rings. The van der Waals surface area contributed by atoms with E-state index in [0.29, 0.717) is 26.2 Å². The fourth-order valence-corrected chi connectivity index (χ4v) is 3.95. The Morgan fingerprint density at radius 2 is 1.91 bits per heavy atom. The number of aromatic nitrogens is 5. The van der Waals surface area contributed by atoms with Crippen LogP contribution in [0.3, 0.4) is 0 Å².